The second-order valence-electron chi connectivity index (χ2n) is 5.48. The molecule has 0 amide bonds. The van der Waals surface area contributed by atoms with Crippen LogP contribution in [0.5, 0.6) is 5.75 Å². The molecule has 0 radical (unpaired) electrons. The van der Waals surface area contributed by atoms with Gasteiger partial charge in [0.15, 0.2) is 0 Å². The first-order valence-corrected chi connectivity index (χ1v) is 7.62. The predicted molar refractivity (Wildman–Crippen MR) is 90.0 cm³/mol. The van der Waals surface area contributed by atoms with E-state index >= 15 is 0 Å². The molecule has 2 aromatic rings. The summed E-state index contributed by atoms with van der Waals surface area (Å²) >= 11 is 0. The standard InChI is InChI=1S/C20H22O2/c1-4-17(18-8-6-5-7-9-18)14-16(3)20(21)22-19-12-10-15(2)11-13-19/h5-14,17H,4H2,1-3H3. The summed E-state index contributed by atoms with van der Waals surface area (Å²) < 4.78 is 5.41. The lowest BCUT2D eigenvalue weighted by molar-refractivity contribution is -0.130. The number of hydrogen-bond donors (Lipinski definition) is 0. The number of esters is 1. The normalized spacial score (nSPS) is 12.8. The van der Waals surface area contributed by atoms with Crippen molar-refractivity contribution in [3.8, 4) is 5.75 Å². The molecule has 2 rings (SSSR count). The largest absolute Gasteiger partial charge is 0.423 e. The summed E-state index contributed by atoms with van der Waals surface area (Å²) in [4.78, 5) is 12.2. The molecule has 22 heavy (non-hydrogen) atoms. The van der Waals surface area contributed by atoms with E-state index in [1.54, 1.807) is 0 Å². The predicted octanol–water partition coefficient (Wildman–Crippen LogP) is 5.04. The fraction of sp³-hybridized carbons (Fsp3) is 0.250. The maximum absolute atomic E-state index is 12.2. The Morgan fingerprint density at radius 1 is 1.09 bits per heavy atom. The minimum absolute atomic E-state index is 0.228. The van der Waals surface area contributed by atoms with Crippen molar-refractivity contribution in [1.82, 2.24) is 0 Å². The fourth-order valence-electron chi connectivity index (χ4n) is 2.31. The first-order valence-electron chi connectivity index (χ1n) is 7.62. The first kappa shape index (κ1) is 16.0. The molecule has 2 nitrogen and oxygen atoms in total. The lowest BCUT2D eigenvalue weighted by atomic mass is 9.94. The average Bonchev–Trinajstić information content (AvgIpc) is 2.55. The number of carbonyl (C=O) groups is 1. The fourth-order valence-corrected chi connectivity index (χ4v) is 2.31. The molecule has 0 aliphatic heterocycles. The van der Waals surface area contributed by atoms with Gasteiger partial charge in [0.25, 0.3) is 0 Å². The molecule has 2 heteroatoms. The van der Waals surface area contributed by atoms with Crippen LogP contribution in [0.25, 0.3) is 0 Å². The third kappa shape index (κ3) is 4.32. The summed E-state index contributed by atoms with van der Waals surface area (Å²) in [6, 6.07) is 17.7. The van der Waals surface area contributed by atoms with Gasteiger partial charge in [-0.15, -0.1) is 0 Å². The molecule has 0 fully saturated rings. The molecule has 0 aliphatic carbocycles. The van der Waals surface area contributed by atoms with Crippen LogP contribution >= 0.6 is 0 Å². The summed E-state index contributed by atoms with van der Waals surface area (Å²) in [6.45, 7) is 5.93. The Labute approximate surface area is 132 Å². The quantitative estimate of drug-likeness (QED) is 0.438. The van der Waals surface area contributed by atoms with E-state index in [1.807, 2.05) is 62.4 Å². The summed E-state index contributed by atoms with van der Waals surface area (Å²) in [5.74, 6) is 0.515. The van der Waals surface area contributed by atoms with Gasteiger partial charge in [-0.1, -0.05) is 61.0 Å². The molecule has 0 spiro atoms. The number of allylic oxidation sites excluding steroid dienone is 1. The van der Waals surface area contributed by atoms with Gasteiger partial charge in [0.05, 0.1) is 0 Å². The number of benzene rings is 2. The second-order valence-corrected chi connectivity index (χ2v) is 5.48. The lowest BCUT2D eigenvalue weighted by Crippen LogP contribution is -2.10. The molecule has 0 bridgehead atoms. The van der Waals surface area contributed by atoms with Crippen LogP contribution in [0.4, 0.5) is 0 Å². The molecule has 1 atom stereocenters. The van der Waals surface area contributed by atoms with Crippen LogP contribution in [0.3, 0.4) is 0 Å². The molecule has 0 heterocycles. The Morgan fingerprint density at radius 3 is 2.32 bits per heavy atom. The number of carbonyl (C=O) groups excluding carboxylic acids is 1. The zero-order chi connectivity index (χ0) is 15.9. The van der Waals surface area contributed by atoms with E-state index in [4.69, 9.17) is 4.74 Å². The molecule has 114 valence electrons. The minimum Gasteiger partial charge on any atom is -0.423 e. The monoisotopic (exact) mass is 294 g/mol. The highest BCUT2D eigenvalue weighted by atomic mass is 16.5. The third-order valence-electron chi connectivity index (χ3n) is 3.67. The van der Waals surface area contributed by atoms with Crippen LogP contribution in [-0.4, -0.2) is 5.97 Å². The van der Waals surface area contributed by atoms with E-state index in [-0.39, 0.29) is 11.9 Å². The van der Waals surface area contributed by atoms with Crippen LogP contribution in [0, 0.1) is 6.92 Å². The maximum Gasteiger partial charge on any atom is 0.338 e. The van der Waals surface area contributed by atoms with Gasteiger partial charge in [0.2, 0.25) is 0 Å². The van der Waals surface area contributed by atoms with E-state index in [2.05, 4.69) is 19.1 Å². The van der Waals surface area contributed by atoms with Crippen molar-refractivity contribution in [3.63, 3.8) is 0 Å². The van der Waals surface area contributed by atoms with Gasteiger partial charge in [0.1, 0.15) is 5.75 Å². The van der Waals surface area contributed by atoms with Crippen molar-refractivity contribution in [2.45, 2.75) is 33.1 Å². The Morgan fingerprint density at radius 2 is 1.73 bits per heavy atom. The average molecular weight is 294 g/mol. The van der Waals surface area contributed by atoms with Crippen LogP contribution in [0.1, 0.15) is 37.3 Å². The van der Waals surface area contributed by atoms with Crippen LogP contribution in [0.15, 0.2) is 66.2 Å². The van der Waals surface area contributed by atoms with Gasteiger partial charge >= 0.3 is 5.97 Å². The Balaban J connectivity index is 2.09. The minimum atomic E-state index is -0.293. The van der Waals surface area contributed by atoms with Gasteiger partial charge in [-0.3, -0.25) is 0 Å². The maximum atomic E-state index is 12.2. The molecule has 0 aliphatic rings. The number of ether oxygens (including phenoxy) is 1. The van der Waals surface area contributed by atoms with Crippen molar-refractivity contribution in [3.05, 3.63) is 77.4 Å². The molecule has 0 N–H and O–H groups in total. The van der Waals surface area contributed by atoms with Gasteiger partial charge in [0, 0.05) is 11.5 Å². The topological polar surface area (TPSA) is 26.3 Å². The van der Waals surface area contributed by atoms with Crippen molar-refractivity contribution in [2.24, 2.45) is 0 Å². The van der Waals surface area contributed by atoms with Crippen molar-refractivity contribution in [2.75, 3.05) is 0 Å². The SMILES string of the molecule is CCC(C=C(C)C(=O)Oc1ccc(C)cc1)c1ccccc1. The second kappa shape index (κ2) is 7.60. The summed E-state index contributed by atoms with van der Waals surface area (Å²) in [7, 11) is 0. The Kier molecular flexibility index (Phi) is 5.54. The van der Waals surface area contributed by atoms with Crippen LogP contribution < -0.4 is 4.74 Å². The number of rotatable bonds is 5. The van der Waals surface area contributed by atoms with E-state index in [0.29, 0.717) is 11.3 Å². The number of aryl methyl sites for hydroxylation is 1. The Bertz CT molecular complexity index is 639. The first-order chi connectivity index (χ1) is 10.6. The van der Waals surface area contributed by atoms with E-state index in [9.17, 15) is 4.79 Å². The highest BCUT2D eigenvalue weighted by molar-refractivity contribution is 5.89. The van der Waals surface area contributed by atoms with Crippen molar-refractivity contribution >= 4 is 5.97 Å². The smallest absolute Gasteiger partial charge is 0.338 e. The van der Waals surface area contributed by atoms with Crippen LogP contribution in [0.2, 0.25) is 0 Å². The van der Waals surface area contributed by atoms with E-state index < -0.39 is 0 Å². The zero-order valence-electron chi connectivity index (χ0n) is 13.4. The molecular weight excluding hydrogens is 272 g/mol. The molecular formula is C20H22O2. The van der Waals surface area contributed by atoms with Gasteiger partial charge in [-0.25, -0.2) is 4.79 Å². The Hall–Kier alpha value is -2.35. The summed E-state index contributed by atoms with van der Waals surface area (Å²) in [6.07, 6.45) is 2.94. The molecule has 0 aromatic heterocycles. The van der Waals surface area contributed by atoms with Gasteiger partial charge in [-0.05, 0) is 38.0 Å². The van der Waals surface area contributed by atoms with E-state index in [0.717, 1.165) is 12.0 Å². The molecule has 1 unspecified atom stereocenters. The highest BCUT2D eigenvalue weighted by Gasteiger charge is 2.12. The van der Waals surface area contributed by atoms with Gasteiger partial charge in [-0.2, -0.15) is 0 Å². The summed E-state index contributed by atoms with van der Waals surface area (Å²) in [5, 5.41) is 0. The third-order valence-corrected chi connectivity index (χ3v) is 3.67. The molecule has 2 aromatic carbocycles. The molecule has 0 saturated heterocycles. The van der Waals surface area contributed by atoms with Crippen molar-refractivity contribution in [1.29, 1.82) is 0 Å². The van der Waals surface area contributed by atoms with Crippen LogP contribution in [-0.2, 0) is 4.79 Å². The highest BCUT2D eigenvalue weighted by Crippen LogP contribution is 2.23. The zero-order valence-corrected chi connectivity index (χ0v) is 13.4. The van der Waals surface area contributed by atoms with Crippen molar-refractivity contribution < 1.29 is 9.53 Å². The van der Waals surface area contributed by atoms with Gasteiger partial charge < -0.3 is 4.74 Å². The lowest BCUT2D eigenvalue weighted by Gasteiger charge is -2.12. The van der Waals surface area contributed by atoms with E-state index in [1.165, 1.54) is 5.56 Å². The summed E-state index contributed by atoms with van der Waals surface area (Å²) in [5.41, 5.74) is 2.99. The molecule has 0 saturated carbocycles. The number of hydrogen-bond acceptors (Lipinski definition) is 2.